The summed E-state index contributed by atoms with van der Waals surface area (Å²) < 4.78 is 24.7. The Bertz CT molecular complexity index is 692. The van der Waals surface area contributed by atoms with Crippen LogP contribution in [0.2, 0.25) is 0 Å². The van der Waals surface area contributed by atoms with Gasteiger partial charge in [0.1, 0.15) is 0 Å². The van der Waals surface area contributed by atoms with E-state index < -0.39 is 10.0 Å². The first-order valence-electron chi connectivity index (χ1n) is 9.57. The van der Waals surface area contributed by atoms with Crippen molar-refractivity contribution in [2.45, 2.75) is 25.7 Å². The molecule has 0 saturated carbocycles. The van der Waals surface area contributed by atoms with Gasteiger partial charge in [-0.05, 0) is 31.2 Å². The highest BCUT2D eigenvalue weighted by molar-refractivity contribution is 14.0. The van der Waals surface area contributed by atoms with Crippen molar-refractivity contribution in [2.75, 3.05) is 45.6 Å². The molecule has 0 aliphatic carbocycles. The molecule has 1 aliphatic heterocycles. The highest BCUT2D eigenvalue weighted by Crippen LogP contribution is 2.18. The number of halogens is 1. The molecule has 9 heteroatoms. The van der Waals surface area contributed by atoms with Crippen LogP contribution in [0.25, 0.3) is 0 Å². The SMILES string of the molecule is CCNC(=NCC(CO)c1ccccc1)NCC1CCN(S(C)(=O)=O)CC1.I. The first kappa shape index (κ1) is 25.1. The van der Waals surface area contributed by atoms with Crippen molar-refractivity contribution in [3.8, 4) is 0 Å². The fraction of sp³-hybridized carbons (Fsp3) is 0.632. The predicted molar refractivity (Wildman–Crippen MR) is 125 cm³/mol. The van der Waals surface area contributed by atoms with Gasteiger partial charge in [0.05, 0.1) is 19.4 Å². The van der Waals surface area contributed by atoms with Crippen LogP contribution in [0, 0.1) is 5.92 Å². The van der Waals surface area contributed by atoms with Gasteiger partial charge >= 0.3 is 0 Å². The Balaban J connectivity index is 0.00000392. The van der Waals surface area contributed by atoms with Crippen molar-refractivity contribution in [1.29, 1.82) is 0 Å². The molecular formula is C19H33IN4O3S. The highest BCUT2D eigenvalue weighted by atomic mass is 127. The van der Waals surface area contributed by atoms with Crippen LogP contribution in [0.15, 0.2) is 35.3 Å². The summed E-state index contributed by atoms with van der Waals surface area (Å²) in [4.78, 5) is 4.63. The molecule has 2 rings (SSSR count). The van der Waals surface area contributed by atoms with Crippen molar-refractivity contribution < 1.29 is 13.5 Å². The maximum absolute atomic E-state index is 11.6. The van der Waals surface area contributed by atoms with Gasteiger partial charge in [0.15, 0.2) is 5.96 Å². The number of nitrogens with zero attached hydrogens (tertiary/aromatic N) is 2. The molecule has 1 aromatic rings. The number of nitrogens with one attached hydrogen (secondary N) is 2. The Labute approximate surface area is 186 Å². The Morgan fingerprint density at radius 3 is 2.43 bits per heavy atom. The third-order valence-electron chi connectivity index (χ3n) is 4.91. The maximum atomic E-state index is 11.6. The van der Waals surface area contributed by atoms with Gasteiger partial charge in [-0.3, -0.25) is 4.99 Å². The van der Waals surface area contributed by atoms with Crippen molar-refractivity contribution in [2.24, 2.45) is 10.9 Å². The molecule has 0 amide bonds. The summed E-state index contributed by atoms with van der Waals surface area (Å²) in [6.45, 7) is 5.26. The van der Waals surface area contributed by atoms with Gasteiger partial charge in [0, 0.05) is 32.1 Å². The zero-order valence-corrected chi connectivity index (χ0v) is 19.8. The molecule has 1 atom stereocenters. The third kappa shape index (κ3) is 8.22. The van der Waals surface area contributed by atoms with Gasteiger partial charge in [-0.15, -0.1) is 24.0 Å². The number of sulfonamides is 1. The fourth-order valence-corrected chi connectivity index (χ4v) is 4.10. The van der Waals surface area contributed by atoms with Crippen molar-refractivity contribution in [3.05, 3.63) is 35.9 Å². The van der Waals surface area contributed by atoms with Crippen LogP contribution in [0.4, 0.5) is 0 Å². The maximum Gasteiger partial charge on any atom is 0.211 e. The minimum atomic E-state index is -3.08. The van der Waals surface area contributed by atoms with Gasteiger partial charge < -0.3 is 15.7 Å². The van der Waals surface area contributed by atoms with E-state index in [1.54, 1.807) is 4.31 Å². The highest BCUT2D eigenvalue weighted by Gasteiger charge is 2.24. The van der Waals surface area contributed by atoms with Gasteiger partial charge in [-0.1, -0.05) is 30.3 Å². The number of aliphatic hydroxyl groups excluding tert-OH is 1. The summed E-state index contributed by atoms with van der Waals surface area (Å²) in [6, 6.07) is 9.91. The fourth-order valence-electron chi connectivity index (χ4n) is 3.22. The van der Waals surface area contributed by atoms with E-state index in [-0.39, 0.29) is 36.5 Å². The van der Waals surface area contributed by atoms with Crippen molar-refractivity contribution in [1.82, 2.24) is 14.9 Å². The van der Waals surface area contributed by atoms with Crippen LogP contribution in [0.1, 0.15) is 31.2 Å². The molecule has 28 heavy (non-hydrogen) atoms. The summed E-state index contributed by atoms with van der Waals surface area (Å²) in [5.74, 6) is 1.13. The molecule has 1 fully saturated rings. The van der Waals surface area contributed by atoms with E-state index in [1.807, 2.05) is 37.3 Å². The topological polar surface area (TPSA) is 94.0 Å². The standard InChI is InChI=1S/C19H32N4O3S.HI/c1-3-20-19(22-14-18(15-24)17-7-5-4-6-8-17)21-13-16-9-11-23(12-10-16)27(2,25)26;/h4-8,16,18,24H,3,9-15H2,1-2H3,(H2,20,21,22);1H. The van der Waals surface area contributed by atoms with E-state index in [4.69, 9.17) is 0 Å². The minimum Gasteiger partial charge on any atom is -0.396 e. The molecule has 1 heterocycles. The molecule has 1 aliphatic rings. The van der Waals surface area contributed by atoms with Gasteiger partial charge in [0.25, 0.3) is 0 Å². The van der Waals surface area contributed by atoms with E-state index in [1.165, 1.54) is 6.26 Å². The lowest BCUT2D eigenvalue weighted by Crippen LogP contribution is -2.44. The molecular weight excluding hydrogens is 491 g/mol. The number of guanidine groups is 1. The third-order valence-corrected chi connectivity index (χ3v) is 6.21. The lowest BCUT2D eigenvalue weighted by Gasteiger charge is -2.30. The second-order valence-electron chi connectivity index (χ2n) is 7.00. The summed E-state index contributed by atoms with van der Waals surface area (Å²) in [5, 5.41) is 16.3. The van der Waals surface area contributed by atoms with Crippen LogP contribution in [-0.4, -0.2) is 69.4 Å². The van der Waals surface area contributed by atoms with Crippen LogP contribution in [-0.2, 0) is 10.0 Å². The minimum absolute atomic E-state index is 0. The molecule has 1 saturated heterocycles. The summed E-state index contributed by atoms with van der Waals surface area (Å²) in [6.07, 6.45) is 2.97. The van der Waals surface area contributed by atoms with Crippen LogP contribution in [0.5, 0.6) is 0 Å². The molecule has 0 spiro atoms. The Morgan fingerprint density at radius 1 is 1.25 bits per heavy atom. The summed E-state index contributed by atoms with van der Waals surface area (Å²) in [5.41, 5.74) is 1.08. The number of benzene rings is 1. The largest absolute Gasteiger partial charge is 0.396 e. The lowest BCUT2D eigenvalue weighted by molar-refractivity contribution is 0.267. The molecule has 1 aromatic carbocycles. The molecule has 0 radical (unpaired) electrons. The predicted octanol–water partition coefficient (Wildman–Crippen LogP) is 1.61. The number of aliphatic hydroxyl groups is 1. The number of hydrogen-bond acceptors (Lipinski definition) is 4. The number of rotatable bonds is 8. The Morgan fingerprint density at radius 2 is 1.89 bits per heavy atom. The Hall–Kier alpha value is -0.910. The molecule has 1 unspecified atom stereocenters. The quantitative estimate of drug-likeness (QED) is 0.273. The van der Waals surface area contributed by atoms with E-state index in [2.05, 4.69) is 15.6 Å². The van der Waals surface area contributed by atoms with Crippen LogP contribution >= 0.6 is 24.0 Å². The Kier molecular flexibility index (Phi) is 11.3. The normalized spacial score (nSPS) is 17.6. The average Bonchev–Trinajstić information content (AvgIpc) is 2.67. The van der Waals surface area contributed by atoms with Crippen molar-refractivity contribution in [3.63, 3.8) is 0 Å². The second-order valence-corrected chi connectivity index (χ2v) is 8.98. The monoisotopic (exact) mass is 524 g/mol. The van der Waals surface area contributed by atoms with Gasteiger partial charge in [-0.25, -0.2) is 12.7 Å². The molecule has 0 aromatic heterocycles. The number of piperidine rings is 1. The van der Waals surface area contributed by atoms with E-state index in [9.17, 15) is 13.5 Å². The smallest absolute Gasteiger partial charge is 0.211 e. The summed E-state index contributed by atoms with van der Waals surface area (Å²) in [7, 11) is -3.08. The van der Waals surface area contributed by atoms with Gasteiger partial charge in [0.2, 0.25) is 10.0 Å². The number of hydrogen-bond donors (Lipinski definition) is 3. The van der Waals surface area contributed by atoms with Crippen LogP contribution < -0.4 is 10.6 Å². The van der Waals surface area contributed by atoms with Crippen molar-refractivity contribution >= 4 is 40.0 Å². The lowest BCUT2D eigenvalue weighted by atomic mass is 9.98. The zero-order valence-electron chi connectivity index (χ0n) is 16.7. The second kappa shape index (κ2) is 12.6. The first-order chi connectivity index (χ1) is 12.9. The van der Waals surface area contributed by atoms with E-state index in [0.29, 0.717) is 25.6 Å². The molecule has 160 valence electrons. The molecule has 0 bridgehead atoms. The zero-order chi connectivity index (χ0) is 19.7. The average molecular weight is 524 g/mol. The first-order valence-corrected chi connectivity index (χ1v) is 11.4. The van der Waals surface area contributed by atoms with E-state index in [0.717, 1.165) is 37.5 Å². The van der Waals surface area contributed by atoms with Gasteiger partial charge in [-0.2, -0.15) is 0 Å². The van der Waals surface area contributed by atoms with Crippen LogP contribution in [0.3, 0.4) is 0 Å². The molecule has 3 N–H and O–H groups in total. The molecule has 7 nitrogen and oxygen atoms in total. The summed E-state index contributed by atoms with van der Waals surface area (Å²) >= 11 is 0. The van der Waals surface area contributed by atoms with E-state index >= 15 is 0 Å². The number of aliphatic imine (C=N–C) groups is 1.